The Bertz CT molecular complexity index is 980. The monoisotopic (exact) mass is 408 g/mol. The van der Waals surface area contributed by atoms with Crippen LogP contribution in [0.1, 0.15) is 63.5 Å². The zero-order valence-electron chi connectivity index (χ0n) is 19.9. The van der Waals surface area contributed by atoms with E-state index in [0.29, 0.717) is 0 Å². The first kappa shape index (κ1) is 21.3. The number of aryl methyl sites for hydroxylation is 1. The van der Waals surface area contributed by atoms with Crippen LogP contribution in [0.4, 0.5) is 0 Å². The lowest BCUT2D eigenvalue weighted by atomic mass is 9.83. The van der Waals surface area contributed by atoms with Crippen LogP contribution in [-0.4, -0.2) is 55.8 Å². The third-order valence-electron chi connectivity index (χ3n) is 5.95. The van der Waals surface area contributed by atoms with Crippen molar-refractivity contribution in [1.82, 2.24) is 14.2 Å². The number of H-pyrrole nitrogens is 1. The van der Waals surface area contributed by atoms with E-state index in [0.717, 1.165) is 40.7 Å². The fraction of sp³-hybridized carbons (Fsp3) is 0.636. The van der Waals surface area contributed by atoms with E-state index in [1.54, 1.807) is 14.0 Å². The summed E-state index contributed by atoms with van der Waals surface area (Å²) >= 11 is 0. The Labute approximate surface area is 172 Å². The third kappa shape index (κ3) is 4.29. The molecule has 158 valence electrons. The second-order valence-corrected chi connectivity index (χ2v) is 11.2. The molecule has 6 heteroatoms. The van der Waals surface area contributed by atoms with Gasteiger partial charge in [0.15, 0.2) is 1.41 Å². The lowest BCUT2D eigenvalue weighted by Crippen LogP contribution is -2.36. The van der Waals surface area contributed by atoms with Gasteiger partial charge in [0.2, 0.25) is 10.0 Å². The predicted octanol–water partition coefficient (Wildman–Crippen LogP) is 4.44. The SMILES string of the molecule is [2H]n1cc(C(C)(C)CN(C)CC)c2cc(C(C)S(=O)(=O)N(C)C(C)C)c(C)cc21. The molecule has 0 bridgehead atoms. The molecule has 0 aliphatic rings. The number of aromatic nitrogens is 1. The maximum atomic E-state index is 13.1. The maximum absolute atomic E-state index is 13.1. The van der Waals surface area contributed by atoms with Crippen LogP contribution in [-0.2, 0) is 15.4 Å². The molecule has 1 unspecified atom stereocenters. The minimum Gasteiger partial charge on any atom is -0.361 e. The molecular weight excluding hydrogens is 370 g/mol. The van der Waals surface area contributed by atoms with Gasteiger partial charge in [0.25, 0.3) is 0 Å². The number of rotatable bonds is 8. The van der Waals surface area contributed by atoms with E-state index >= 15 is 0 Å². The molecule has 0 spiro atoms. The van der Waals surface area contributed by atoms with Crippen molar-refractivity contribution < 1.29 is 9.83 Å². The van der Waals surface area contributed by atoms with E-state index in [4.69, 9.17) is 1.41 Å². The molecule has 0 aliphatic heterocycles. The molecule has 2 aromatic rings. The van der Waals surface area contributed by atoms with Gasteiger partial charge in [0.05, 0.1) is 5.25 Å². The van der Waals surface area contributed by atoms with Crippen molar-refractivity contribution in [2.45, 2.75) is 65.2 Å². The molecule has 0 saturated carbocycles. The number of likely N-dealkylation sites (N-methyl/N-ethyl adjacent to an activating group) is 1. The summed E-state index contributed by atoms with van der Waals surface area (Å²) in [5.41, 5.74) is 3.42. The second-order valence-electron chi connectivity index (χ2n) is 8.91. The van der Waals surface area contributed by atoms with Crippen molar-refractivity contribution in [3.63, 3.8) is 0 Å². The molecule has 0 fully saturated rings. The van der Waals surface area contributed by atoms with Gasteiger partial charge in [-0.3, -0.25) is 0 Å². The van der Waals surface area contributed by atoms with Gasteiger partial charge in [-0.25, -0.2) is 12.7 Å². The van der Waals surface area contributed by atoms with Gasteiger partial charge in [-0.15, -0.1) is 0 Å². The Morgan fingerprint density at radius 2 is 1.82 bits per heavy atom. The third-order valence-corrected chi connectivity index (χ3v) is 8.33. The highest BCUT2D eigenvalue weighted by Gasteiger charge is 2.31. The average molecular weight is 409 g/mol. The summed E-state index contributed by atoms with van der Waals surface area (Å²) in [6, 6.07) is 3.84. The number of aromatic amines is 1. The van der Waals surface area contributed by atoms with E-state index in [9.17, 15) is 8.42 Å². The van der Waals surface area contributed by atoms with E-state index in [1.165, 1.54) is 9.28 Å². The Balaban J connectivity index is 2.65. The highest BCUT2D eigenvalue weighted by molar-refractivity contribution is 7.89. The standard InChI is InChI=1S/C22H37N3O2S/c1-10-24(8)14-22(6,7)20-13-23-21-11-16(4)18(12-19(20)21)17(5)28(26,27)25(9)15(2)3/h11-13,15,17,23H,10,14H2,1-9H3/i/hD. The Morgan fingerprint density at radius 3 is 2.36 bits per heavy atom. The van der Waals surface area contributed by atoms with Gasteiger partial charge >= 0.3 is 0 Å². The molecule has 1 N–H and O–H groups in total. The number of fused-ring (bicyclic) bond motifs is 1. The molecule has 0 radical (unpaired) electrons. The van der Waals surface area contributed by atoms with E-state index in [-0.39, 0.29) is 11.5 Å². The number of nitrogens with zero attached hydrogens (tertiary/aromatic N) is 2. The number of hydrogen-bond donors (Lipinski definition) is 1. The highest BCUT2D eigenvalue weighted by atomic mass is 32.2. The number of benzene rings is 1. The fourth-order valence-electron chi connectivity index (χ4n) is 3.79. The minimum atomic E-state index is -3.48. The first-order valence-electron chi connectivity index (χ1n) is 10.5. The van der Waals surface area contributed by atoms with Gasteiger partial charge in [0.1, 0.15) is 0 Å². The zero-order chi connectivity index (χ0) is 22.3. The molecular formula is C22H37N3O2S. The minimum absolute atomic E-state index is 0.0973. The number of nitrogens with one attached hydrogen (secondary N) is 1. The predicted molar refractivity (Wildman–Crippen MR) is 119 cm³/mol. The smallest absolute Gasteiger partial charge is 0.220 e. The zero-order valence-corrected chi connectivity index (χ0v) is 19.7. The van der Waals surface area contributed by atoms with E-state index < -0.39 is 15.3 Å². The van der Waals surface area contributed by atoms with Crippen molar-refractivity contribution >= 4 is 20.9 Å². The lowest BCUT2D eigenvalue weighted by Gasteiger charge is -2.30. The van der Waals surface area contributed by atoms with E-state index in [1.807, 2.05) is 39.1 Å². The highest BCUT2D eigenvalue weighted by Crippen LogP contribution is 2.36. The Hall–Kier alpha value is -1.37. The van der Waals surface area contributed by atoms with Crippen molar-refractivity contribution in [3.8, 4) is 0 Å². The summed E-state index contributed by atoms with van der Waals surface area (Å²) in [4.78, 5) is 3.67. The van der Waals surface area contributed by atoms with Crippen LogP contribution in [0.25, 0.3) is 10.9 Å². The fourth-order valence-corrected chi connectivity index (χ4v) is 5.45. The lowest BCUT2D eigenvalue weighted by molar-refractivity contribution is 0.281. The molecule has 0 saturated heterocycles. The molecule has 1 heterocycles. The first-order valence-corrected chi connectivity index (χ1v) is 11.5. The van der Waals surface area contributed by atoms with Crippen LogP contribution in [0.3, 0.4) is 0 Å². The van der Waals surface area contributed by atoms with Crippen LogP contribution >= 0.6 is 0 Å². The van der Waals surface area contributed by atoms with Crippen LogP contribution in [0.15, 0.2) is 18.3 Å². The number of sulfonamides is 1. The molecule has 0 aliphatic carbocycles. The summed E-state index contributed by atoms with van der Waals surface area (Å²) in [7, 11) is 0.254. The van der Waals surface area contributed by atoms with Crippen LogP contribution in [0.2, 0.25) is 1.41 Å². The summed E-state index contributed by atoms with van der Waals surface area (Å²) in [6.07, 6.45) is 1.87. The normalized spacial score (nSPS) is 15.1. The largest absolute Gasteiger partial charge is 0.361 e. The molecule has 0 amide bonds. The van der Waals surface area contributed by atoms with Gasteiger partial charge < -0.3 is 9.88 Å². The van der Waals surface area contributed by atoms with Gasteiger partial charge in [-0.05, 0) is 70.1 Å². The summed E-state index contributed by atoms with van der Waals surface area (Å²) in [5.74, 6) is 0. The first-order chi connectivity index (χ1) is 13.2. The van der Waals surface area contributed by atoms with Crippen LogP contribution in [0.5, 0.6) is 0 Å². The van der Waals surface area contributed by atoms with Gasteiger partial charge in [-0.1, -0.05) is 20.8 Å². The molecule has 1 aromatic carbocycles. The van der Waals surface area contributed by atoms with Crippen LogP contribution in [0, 0.1) is 6.92 Å². The molecule has 1 atom stereocenters. The quantitative estimate of drug-likeness (QED) is 0.703. The maximum Gasteiger partial charge on any atom is 0.220 e. The Kier molecular flexibility index (Phi) is 6.23. The van der Waals surface area contributed by atoms with Crippen molar-refractivity contribution in [3.05, 3.63) is 35.0 Å². The van der Waals surface area contributed by atoms with Gasteiger partial charge in [0, 0.05) is 42.1 Å². The van der Waals surface area contributed by atoms with Crippen LogP contribution < -0.4 is 0 Å². The average Bonchev–Trinajstić information content (AvgIpc) is 2.95. The summed E-state index contributed by atoms with van der Waals surface area (Å²) in [6.45, 7) is 15.7. The van der Waals surface area contributed by atoms with Crippen molar-refractivity contribution in [1.29, 1.82) is 0 Å². The Morgan fingerprint density at radius 1 is 1.21 bits per heavy atom. The molecule has 2 rings (SSSR count). The molecule has 5 nitrogen and oxygen atoms in total. The van der Waals surface area contributed by atoms with Crippen molar-refractivity contribution in [2.75, 3.05) is 27.2 Å². The van der Waals surface area contributed by atoms with Gasteiger partial charge in [-0.2, -0.15) is 0 Å². The summed E-state index contributed by atoms with van der Waals surface area (Å²) < 4.78 is 36.1. The summed E-state index contributed by atoms with van der Waals surface area (Å²) in [5, 5.41) is 0.312. The molecule has 1 aromatic heterocycles. The molecule has 28 heavy (non-hydrogen) atoms. The van der Waals surface area contributed by atoms with Crippen molar-refractivity contribution in [2.24, 2.45) is 0 Å². The second kappa shape index (κ2) is 8.17. The van der Waals surface area contributed by atoms with E-state index in [2.05, 4.69) is 32.7 Å². The topological polar surface area (TPSA) is 56.4 Å². The number of hydrogen-bond acceptors (Lipinski definition) is 3.